The quantitative estimate of drug-likeness (QED) is 0.672. The molecule has 3 rings (SSSR count). The summed E-state index contributed by atoms with van der Waals surface area (Å²) in [4.78, 5) is 12.2. The van der Waals surface area contributed by atoms with Crippen molar-refractivity contribution in [3.8, 4) is 17.3 Å². The van der Waals surface area contributed by atoms with Crippen LogP contribution in [-0.4, -0.2) is 11.9 Å². The first-order valence-electron chi connectivity index (χ1n) is 7.37. The number of anilines is 1. The Hall–Kier alpha value is -2.80. The number of rotatable bonds is 4. The highest BCUT2D eigenvalue weighted by Gasteiger charge is 2.34. The number of nitrogens with one attached hydrogen (secondary N) is 2. The van der Waals surface area contributed by atoms with E-state index in [0.717, 1.165) is 29.7 Å². The molecule has 1 aliphatic carbocycles. The largest absolute Gasteiger partial charge is 0.326 e. The monoisotopic (exact) mass is 291 g/mol. The summed E-state index contributed by atoms with van der Waals surface area (Å²) in [7, 11) is 0. The summed E-state index contributed by atoms with van der Waals surface area (Å²) in [6.07, 6.45) is 3.36. The third-order valence-corrected chi connectivity index (χ3v) is 4.01. The molecule has 0 spiro atoms. The summed E-state index contributed by atoms with van der Waals surface area (Å²) >= 11 is 0. The van der Waals surface area contributed by atoms with E-state index in [-0.39, 0.29) is 17.9 Å². The third kappa shape index (κ3) is 3.09. The van der Waals surface area contributed by atoms with Gasteiger partial charge in [0.1, 0.15) is 0 Å². The second-order valence-corrected chi connectivity index (χ2v) is 5.56. The highest BCUT2D eigenvalue weighted by atomic mass is 16.1. The van der Waals surface area contributed by atoms with Crippen LogP contribution in [0.5, 0.6) is 0 Å². The van der Waals surface area contributed by atoms with E-state index >= 15 is 0 Å². The van der Waals surface area contributed by atoms with Gasteiger partial charge in [-0.1, -0.05) is 42.5 Å². The van der Waals surface area contributed by atoms with E-state index in [1.54, 1.807) is 0 Å². The molecule has 0 heterocycles. The van der Waals surface area contributed by atoms with Crippen molar-refractivity contribution in [2.24, 2.45) is 5.92 Å². The second kappa shape index (κ2) is 6.31. The molecule has 2 aromatic carbocycles. The van der Waals surface area contributed by atoms with E-state index in [1.807, 2.05) is 60.8 Å². The van der Waals surface area contributed by atoms with Gasteiger partial charge in [0.05, 0.1) is 0 Å². The van der Waals surface area contributed by atoms with Crippen LogP contribution < -0.4 is 10.6 Å². The van der Waals surface area contributed by atoms with E-state index in [9.17, 15) is 4.79 Å². The second-order valence-electron chi connectivity index (χ2n) is 5.56. The minimum Gasteiger partial charge on any atom is -0.326 e. The van der Waals surface area contributed by atoms with Crippen molar-refractivity contribution in [3.63, 3.8) is 0 Å². The molecule has 1 amide bonds. The first kappa shape index (κ1) is 14.2. The van der Waals surface area contributed by atoms with Gasteiger partial charge in [-0.05, 0) is 36.1 Å². The highest BCUT2D eigenvalue weighted by molar-refractivity contribution is 5.93. The molecule has 4 heteroatoms. The van der Waals surface area contributed by atoms with Crippen LogP contribution in [0.3, 0.4) is 0 Å². The maximum Gasteiger partial charge on any atom is 0.227 e. The highest BCUT2D eigenvalue weighted by Crippen LogP contribution is 2.29. The van der Waals surface area contributed by atoms with E-state index in [2.05, 4.69) is 10.6 Å². The Balaban J connectivity index is 1.64. The Bertz CT molecular complexity index is 700. The van der Waals surface area contributed by atoms with Crippen LogP contribution >= 0.6 is 0 Å². The molecule has 1 aliphatic rings. The number of nitrogens with zero attached hydrogens (tertiary/aromatic N) is 1. The average molecular weight is 291 g/mol. The zero-order valence-electron chi connectivity index (χ0n) is 12.1. The lowest BCUT2D eigenvalue weighted by Gasteiger charge is -2.32. The Morgan fingerprint density at radius 1 is 1.05 bits per heavy atom. The maximum atomic E-state index is 12.2. The Morgan fingerprint density at radius 3 is 2.50 bits per heavy atom. The number of hydrogen-bond acceptors (Lipinski definition) is 3. The lowest BCUT2D eigenvalue weighted by Crippen LogP contribution is -2.44. The molecule has 0 radical (unpaired) electrons. The maximum absolute atomic E-state index is 12.2. The van der Waals surface area contributed by atoms with Gasteiger partial charge in [-0.3, -0.25) is 4.79 Å². The van der Waals surface area contributed by atoms with Crippen molar-refractivity contribution in [2.45, 2.75) is 18.9 Å². The molecular weight excluding hydrogens is 274 g/mol. The molecule has 2 N–H and O–H groups in total. The number of carbonyl (C=O) groups is 1. The topological polar surface area (TPSA) is 64.9 Å². The first-order chi connectivity index (χ1) is 10.8. The fourth-order valence-electron chi connectivity index (χ4n) is 2.69. The van der Waals surface area contributed by atoms with Crippen LogP contribution in [0.1, 0.15) is 12.8 Å². The van der Waals surface area contributed by atoms with Crippen molar-refractivity contribution in [3.05, 3.63) is 54.6 Å². The van der Waals surface area contributed by atoms with E-state index in [4.69, 9.17) is 5.26 Å². The van der Waals surface area contributed by atoms with Gasteiger partial charge in [0.15, 0.2) is 6.19 Å². The Labute approximate surface area is 129 Å². The molecule has 1 saturated carbocycles. The van der Waals surface area contributed by atoms with Gasteiger partial charge in [-0.25, -0.2) is 0 Å². The molecule has 0 aromatic heterocycles. The minimum absolute atomic E-state index is 0.00812. The number of hydrogen-bond donors (Lipinski definition) is 2. The average Bonchev–Trinajstić information content (AvgIpc) is 2.51. The van der Waals surface area contributed by atoms with Gasteiger partial charge in [0.2, 0.25) is 5.91 Å². The fraction of sp³-hybridized carbons (Fsp3) is 0.222. The van der Waals surface area contributed by atoms with Crippen molar-refractivity contribution < 1.29 is 4.79 Å². The first-order valence-corrected chi connectivity index (χ1v) is 7.37. The van der Waals surface area contributed by atoms with Gasteiger partial charge in [0, 0.05) is 17.6 Å². The third-order valence-electron chi connectivity index (χ3n) is 4.01. The normalized spacial score (nSPS) is 19.6. The van der Waals surface area contributed by atoms with Crippen molar-refractivity contribution in [2.75, 3.05) is 5.32 Å². The molecule has 2 aromatic rings. The van der Waals surface area contributed by atoms with Gasteiger partial charge < -0.3 is 10.6 Å². The smallest absolute Gasteiger partial charge is 0.227 e. The number of nitriles is 1. The fourth-order valence-corrected chi connectivity index (χ4v) is 2.69. The Kier molecular flexibility index (Phi) is 4.06. The summed E-state index contributed by atoms with van der Waals surface area (Å²) < 4.78 is 0. The SMILES string of the molecule is N#CN[C@H]1C[C@H](C(=O)Nc2cccc(-c3ccccc3)c2)C1. The van der Waals surface area contributed by atoms with Gasteiger partial charge in [-0.2, -0.15) is 5.26 Å². The minimum atomic E-state index is -0.00812. The van der Waals surface area contributed by atoms with Crippen LogP contribution in [0.25, 0.3) is 11.1 Å². The van der Waals surface area contributed by atoms with Crippen molar-refractivity contribution in [1.29, 1.82) is 5.26 Å². The molecule has 0 saturated heterocycles. The molecule has 0 unspecified atom stereocenters. The van der Waals surface area contributed by atoms with E-state index in [0.29, 0.717) is 0 Å². The van der Waals surface area contributed by atoms with Crippen molar-refractivity contribution in [1.82, 2.24) is 5.32 Å². The lowest BCUT2D eigenvalue weighted by atomic mass is 9.79. The predicted molar refractivity (Wildman–Crippen MR) is 85.8 cm³/mol. The predicted octanol–water partition coefficient (Wildman–Crippen LogP) is 3.14. The Morgan fingerprint density at radius 2 is 1.77 bits per heavy atom. The molecule has 0 bridgehead atoms. The van der Waals surface area contributed by atoms with Crippen LogP contribution in [-0.2, 0) is 4.79 Å². The zero-order valence-corrected chi connectivity index (χ0v) is 12.1. The number of amides is 1. The van der Waals surface area contributed by atoms with Crippen LogP contribution in [0, 0.1) is 17.4 Å². The van der Waals surface area contributed by atoms with Crippen molar-refractivity contribution >= 4 is 11.6 Å². The molecule has 0 aliphatic heterocycles. The summed E-state index contributed by atoms with van der Waals surface area (Å²) in [5, 5.41) is 14.2. The summed E-state index contributed by atoms with van der Waals surface area (Å²) in [6.45, 7) is 0. The van der Waals surface area contributed by atoms with E-state index in [1.165, 1.54) is 0 Å². The molecule has 4 nitrogen and oxygen atoms in total. The molecule has 0 atom stereocenters. The summed E-state index contributed by atoms with van der Waals surface area (Å²) in [5.41, 5.74) is 3.01. The number of benzene rings is 2. The molecule has 1 fully saturated rings. The van der Waals surface area contributed by atoms with Crippen LogP contribution in [0.2, 0.25) is 0 Å². The van der Waals surface area contributed by atoms with Gasteiger partial charge in [0.25, 0.3) is 0 Å². The molecular formula is C18H17N3O. The van der Waals surface area contributed by atoms with Crippen LogP contribution in [0.15, 0.2) is 54.6 Å². The van der Waals surface area contributed by atoms with Gasteiger partial charge in [-0.15, -0.1) is 0 Å². The molecule has 22 heavy (non-hydrogen) atoms. The summed E-state index contributed by atoms with van der Waals surface area (Å²) in [5.74, 6) is 0.0208. The lowest BCUT2D eigenvalue weighted by molar-refractivity contribution is -0.122. The standard InChI is InChI=1S/C18H17N3O/c19-12-20-17-10-15(11-17)18(22)21-16-8-4-7-14(9-16)13-5-2-1-3-6-13/h1-9,15,17,20H,10-11H2,(H,21,22)/t15-,17-. The number of carbonyl (C=O) groups excluding carboxylic acids is 1. The molecule has 110 valence electrons. The van der Waals surface area contributed by atoms with Gasteiger partial charge >= 0.3 is 0 Å². The van der Waals surface area contributed by atoms with Crippen LogP contribution in [0.4, 0.5) is 5.69 Å². The van der Waals surface area contributed by atoms with E-state index < -0.39 is 0 Å². The summed E-state index contributed by atoms with van der Waals surface area (Å²) in [6, 6.07) is 18.1. The zero-order chi connectivity index (χ0) is 15.4.